The van der Waals surface area contributed by atoms with Crippen LogP contribution in [-0.2, 0) is 6.54 Å². The van der Waals surface area contributed by atoms with Crippen molar-refractivity contribution in [1.82, 2.24) is 0 Å². The maximum absolute atomic E-state index is 13.7. The van der Waals surface area contributed by atoms with E-state index in [4.69, 9.17) is 29.6 Å². The van der Waals surface area contributed by atoms with Crippen LogP contribution in [0.5, 0.6) is 0 Å². The Balaban J connectivity index is 2.20. The third kappa shape index (κ3) is 3.43. The summed E-state index contributed by atoms with van der Waals surface area (Å²) < 4.78 is 13.7. The van der Waals surface area contributed by atoms with Gasteiger partial charge in [-0.05, 0) is 29.8 Å². The van der Waals surface area contributed by atoms with E-state index in [1.807, 2.05) is 18.2 Å². The fourth-order valence-electron chi connectivity index (χ4n) is 1.77. The predicted molar refractivity (Wildman–Crippen MR) is 81.1 cm³/mol. The zero-order valence-electron chi connectivity index (χ0n) is 9.99. The number of halogens is 2. The SMILES string of the molecule is NC(=S)c1c(F)cccc1NCc1cccc(Cl)c1. The summed E-state index contributed by atoms with van der Waals surface area (Å²) in [6.45, 7) is 0.514. The van der Waals surface area contributed by atoms with Crippen molar-refractivity contribution in [1.29, 1.82) is 0 Å². The van der Waals surface area contributed by atoms with Gasteiger partial charge in [-0.15, -0.1) is 0 Å². The van der Waals surface area contributed by atoms with Crippen LogP contribution in [0.2, 0.25) is 5.02 Å². The van der Waals surface area contributed by atoms with Crippen LogP contribution in [0.3, 0.4) is 0 Å². The summed E-state index contributed by atoms with van der Waals surface area (Å²) in [7, 11) is 0. The molecule has 98 valence electrons. The van der Waals surface area contributed by atoms with E-state index in [1.165, 1.54) is 6.07 Å². The third-order valence-electron chi connectivity index (χ3n) is 2.63. The number of benzene rings is 2. The smallest absolute Gasteiger partial charge is 0.135 e. The lowest BCUT2D eigenvalue weighted by molar-refractivity contribution is 0.626. The van der Waals surface area contributed by atoms with Crippen molar-refractivity contribution < 1.29 is 4.39 Å². The van der Waals surface area contributed by atoms with Crippen LogP contribution < -0.4 is 11.1 Å². The normalized spacial score (nSPS) is 10.2. The van der Waals surface area contributed by atoms with Gasteiger partial charge in [0.2, 0.25) is 0 Å². The molecule has 19 heavy (non-hydrogen) atoms. The molecule has 2 aromatic carbocycles. The first-order valence-electron chi connectivity index (χ1n) is 5.64. The summed E-state index contributed by atoms with van der Waals surface area (Å²) in [5.41, 5.74) is 7.34. The number of nitrogens with one attached hydrogen (secondary N) is 1. The highest BCUT2D eigenvalue weighted by Crippen LogP contribution is 2.20. The second-order valence-corrected chi connectivity index (χ2v) is 4.89. The number of hydrogen-bond acceptors (Lipinski definition) is 2. The second-order valence-electron chi connectivity index (χ2n) is 4.01. The number of thiocarbonyl (C=S) groups is 1. The summed E-state index contributed by atoms with van der Waals surface area (Å²) in [6.07, 6.45) is 0. The molecule has 0 spiro atoms. The highest BCUT2D eigenvalue weighted by atomic mass is 35.5. The van der Waals surface area contributed by atoms with Gasteiger partial charge in [0.25, 0.3) is 0 Å². The summed E-state index contributed by atoms with van der Waals surface area (Å²) in [6, 6.07) is 12.1. The summed E-state index contributed by atoms with van der Waals surface area (Å²) in [5, 5.41) is 3.77. The van der Waals surface area contributed by atoms with Gasteiger partial charge in [0, 0.05) is 17.3 Å². The van der Waals surface area contributed by atoms with Crippen LogP contribution in [0.25, 0.3) is 0 Å². The number of nitrogens with two attached hydrogens (primary N) is 1. The molecule has 2 aromatic rings. The summed E-state index contributed by atoms with van der Waals surface area (Å²) in [5.74, 6) is -0.427. The topological polar surface area (TPSA) is 38.0 Å². The van der Waals surface area contributed by atoms with Crippen LogP contribution in [0.4, 0.5) is 10.1 Å². The maximum atomic E-state index is 13.7. The molecule has 0 bridgehead atoms. The van der Waals surface area contributed by atoms with Gasteiger partial charge < -0.3 is 11.1 Å². The minimum absolute atomic E-state index is 0.0340. The van der Waals surface area contributed by atoms with Crippen LogP contribution in [-0.4, -0.2) is 4.99 Å². The van der Waals surface area contributed by atoms with E-state index in [2.05, 4.69) is 5.32 Å². The second kappa shape index (κ2) is 5.99. The molecule has 2 rings (SSSR count). The number of anilines is 1. The van der Waals surface area contributed by atoms with E-state index in [0.717, 1.165) is 5.56 Å². The number of rotatable bonds is 4. The average molecular weight is 295 g/mol. The van der Waals surface area contributed by atoms with Gasteiger partial charge in [-0.25, -0.2) is 4.39 Å². The molecule has 0 unspecified atom stereocenters. The van der Waals surface area contributed by atoms with E-state index in [-0.39, 0.29) is 10.6 Å². The molecule has 2 nitrogen and oxygen atoms in total. The molecule has 0 aliphatic heterocycles. The Morgan fingerprint density at radius 2 is 2.00 bits per heavy atom. The van der Waals surface area contributed by atoms with Gasteiger partial charge in [-0.1, -0.05) is 42.0 Å². The quantitative estimate of drug-likeness (QED) is 0.844. The van der Waals surface area contributed by atoms with Gasteiger partial charge in [-0.3, -0.25) is 0 Å². The summed E-state index contributed by atoms with van der Waals surface area (Å²) >= 11 is 10.8. The minimum atomic E-state index is -0.427. The molecule has 0 atom stereocenters. The minimum Gasteiger partial charge on any atom is -0.389 e. The lowest BCUT2D eigenvalue weighted by Crippen LogP contribution is -2.15. The van der Waals surface area contributed by atoms with Gasteiger partial charge in [-0.2, -0.15) is 0 Å². The van der Waals surface area contributed by atoms with Crippen LogP contribution in [0, 0.1) is 5.82 Å². The lowest BCUT2D eigenvalue weighted by Gasteiger charge is -2.12. The molecule has 0 radical (unpaired) electrons. The zero-order chi connectivity index (χ0) is 13.8. The average Bonchev–Trinajstić information content (AvgIpc) is 2.36. The largest absolute Gasteiger partial charge is 0.389 e. The maximum Gasteiger partial charge on any atom is 0.135 e. The fraction of sp³-hybridized carbons (Fsp3) is 0.0714. The molecule has 0 aliphatic carbocycles. The predicted octanol–water partition coefficient (Wildman–Crippen LogP) is 3.73. The molecule has 0 amide bonds. The van der Waals surface area contributed by atoms with Crippen molar-refractivity contribution in [2.45, 2.75) is 6.54 Å². The highest BCUT2D eigenvalue weighted by molar-refractivity contribution is 7.80. The van der Waals surface area contributed by atoms with E-state index in [1.54, 1.807) is 18.2 Å². The van der Waals surface area contributed by atoms with Crippen molar-refractivity contribution in [2.75, 3.05) is 5.32 Å². The van der Waals surface area contributed by atoms with Gasteiger partial charge in [0.15, 0.2) is 0 Å². The Morgan fingerprint density at radius 1 is 1.26 bits per heavy atom. The molecular formula is C14H12ClFN2S. The Hall–Kier alpha value is -1.65. The Morgan fingerprint density at radius 3 is 2.68 bits per heavy atom. The van der Waals surface area contributed by atoms with Crippen molar-refractivity contribution in [3.8, 4) is 0 Å². The van der Waals surface area contributed by atoms with Crippen molar-refractivity contribution in [3.63, 3.8) is 0 Å². The van der Waals surface area contributed by atoms with Gasteiger partial charge >= 0.3 is 0 Å². The first kappa shape index (κ1) is 13.8. The molecule has 0 fully saturated rings. The third-order valence-corrected chi connectivity index (χ3v) is 3.07. The van der Waals surface area contributed by atoms with Crippen molar-refractivity contribution in [3.05, 3.63) is 64.4 Å². The van der Waals surface area contributed by atoms with Gasteiger partial charge in [0.05, 0.1) is 5.56 Å². The number of hydrogen-bond donors (Lipinski definition) is 2. The molecule has 0 saturated carbocycles. The van der Waals surface area contributed by atoms with Crippen molar-refractivity contribution in [2.24, 2.45) is 5.73 Å². The molecule has 3 N–H and O–H groups in total. The first-order chi connectivity index (χ1) is 9.08. The Labute approximate surface area is 121 Å². The summed E-state index contributed by atoms with van der Waals surface area (Å²) in [4.78, 5) is 0.0340. The zero-order valence-corrected chi connectivity index (χ0v) is 11.6. The highest BCUT2D eigenvalue weighted by Gasteiger charge is 2.10. The fourth-order valence-corrected chi connectivity index (χ4v) is 2.19. The lowest BCUT2D eigenvalue weighted by atomic mass is 10.1. The Kier molecular flexibility index (Phi) is 4.35. The molecule has 0 aromatic heterocycles. The first-order valence-corrected chi connectivity index (χ1v) is 6.43. The van der Waals surface area contributed by atoms with Crippen LogP contribution in [0.1, 0.15) is 11.1 Å². The standard InChI is InChI=1S/C14H12ClFN2S/c15-10-4-1-3-9(7-10)8-18-12-6-2-5-11(16)13(12)14(17)19/h1-7,18H,8H2,(H2,17,19). The monoisotopic (exact) mass is 294 g/mol. The van der Waals surface area contributed by atoms with E-state index >= 15 is 0 Å². The van der Waals surface area contributed by atoms with E-state index in [9.17, 15) is 4.39 Å². The van der Waals surface area contributed by atoms with Gasteiger partial charge in [0.1, 0.15) is 10.8 Å². The van der Waals surface area contributed by atoms with E-state index < -0.39 is 5.82 Å². The molecule has 0 aliphatic rings. The van der Waals surface area contributed by atoms with Crippen LogP contribution in [0.15, 0.2) is 42.5 Å². The van der Waals surface area contributed by atoms with Crippen LogP contribution >= 0.6 is 23.8 Å². The molecule has 0 heterocycles. The molecule has 0 saturated heterocycles. The Bertz CT molecular complexity index is 616. The van der Waals surface area contributed by atoms with Crippen molar-refractivity contribution >= 4 is 34.5 Å². The molecule has 5 heteroatoms. The van der Waals surface area contributed by atoms with E-state index in [0.29, 0.717) is 17.3 Å². The molecular weight excluding hydrogens is 283 g/mol.